The highest BCUT2D eigenvalue weighted by atomic mass is 32.2. The van der Waals surface area contributed by atoms with Crippen molar-refractivity contribution in [3.63, 3.8) is 0 Å². The topological polar surface area (TPSA) is 62.8 Å². The number of hydrogen-bond donors (Lipinski definition) is 2. The molecular formula is C10H12F3N3S. The van der Waals surface area contributed by atoms with Crippen LogP contribution in [0.3, 0.4) is 0 Å². The van der Waals surface area contributed by atoms with Crippen LogP contribution in [-0.2, 0) is 6.18 Å². The maximum Gasteiger partial charge on any atom is 0.417 e. The fourth-order valence-electron chi connectivity index (χ4n) is 1.07. The standard InChI is InChI=1S/C10H12F3N3S/c11-10(12,13)7-3-4-9(16-6-7)17-5-1-2-8(14)15/h3-4,6H,1-2,5H2,(H3,14,15). The van der Waals surface area contributed by atoms with Crippen molar-refractivity contribution in [2.45, 2.75) is 24.0 Å². The average Bonchev–Trinajstić information content (AvgIpc) is 2.23. The van der Waals surface area contributed by atoms with E-state index >= 15 is 0 Å². The molecule has 0 aliphatic rings. The molecule has 0 spiro atoms. The number of aromatic nitrogens is 1. The first kappa shape index (κ1) is 13.8. The Bertz CT molecular complexity index is 375. The molecule has 0 aliphatic heterocycles. The van der Waals surface area contributed by atoms with Gasteiger partial charge in [0.25, 0.3) is 0 Å². The highest BCUT2D eigenvalue weighted by Crippen LogP contribution is 2.29. The maximum atomic E-state index is 12.2. The molecule has 0 saturated carbocycles. The molecule has 94 valence electrons. The zero-order chi connectivity index (χ0) is 12.9. The molecule has 0 radical (unpaired) electrons. The molecule has 3 N–H and O–H groups in total. The molecule has 1 aromatic heterocycles. The number of amidine groups is 1. The number of pyridine rings is 1. The van der Waals surface area contributed by atoms with E-state index in [0.717, 1.165) is 12.3 Å². The van der Waals surface area contributed by atoms with Crippen LogP contribution in [0.15, 0.2) is 23.4 Å². The van der Waals surface area contributed by atoms with Crippen molar-refractivity contribution in [2.24, 2.45) is 5.73 Å². The van der Waals surface area contributed by atoms with Gasteiger partial charge in [0, 0.05) is 12.6 Å². The fraction of sp³-hybridized carbons (Fsp3) is 0.400. The lowest BCUT2D eigenvalue weighted by Gasteiger charge is -2.06. The molecule has 7 heteroatoms. The summed E-state index contributed by atoms with van der Waals surface area (Å²) in [7, 11) is 0. The van der Waals surface area contributed by atoms with Crippen LogP contribution in [0.4, 0.5) is 13.2 Å². The van der Waals surface area contributed by atoms with Crippen LogP contribution in [0.1, 0.15) is 18.4 Å². The highest BCUT2D eigenvalue weighted by Gasteiger charge is 2.30. The van der Waals surface area contributed by atoms with Gasteiger partial charge in [-0.15, -0.1) is 11.8 Å². The van der Waals surface area contributed by atoms with Crippen molar-refractivity contribution in [3.8, 4) is 0 Å². The van der Waals surface area contributed by atoms with Gasteiger partial charge in [-0.05, 0) is 24.3 Å². The summed E-state index contributed by atoms with van der Waals surface area (Å²) in [5.41, 5.74) is 4.43. The van der Waals surface area contributed by atoms with Gasteiger partial charge in [-0.1, -0.05) is 0 Å². The molecule has 0 bridgehead atoms. The smallest absolute Gasteiger partial charge is 0.388 e. The van der Waals surface area contributed by atoms with E-state index < -0.39 is 11.7 Å². The lowest BCUT2D eigenvalue weighted by atomic mass is 10.3. The quantitative estimate of drug-likeness (QED) is 0.371. The van der Waals surface area contributed by atoms with Crippen LogP contribution >= 0.6 is 11.8 Å². The summed E-state index contributed by atoms with van der Waals surface area (Å²) in [5, 5.41) is 7.55. The first-order valence-electron chi connectivity index (χ1n) is 4.88. The SMILES string of the molecule is N=C(N)CCCSc1ccc(C(F)(F)F)cn1. The van der Waals surface area contributed by atoms with Crippen molar-refractivity contribution in [2.75, 3.05) is 5.75 Å². The molecule has 0 saturated heterocycles. The number of thioether (sulfide) groups is 1. The van der Waals surface area contributed by atoms with E-state index in [9.17, 15) is 13.2 Å². The molecule has 1 aromatic rings. The van der Waals surface area contributed by atoms with Gasteiger partial charge in [-0.25, -0.2) is 4.98 Å². The minimum Gasteiger partial charge on any atom is -0.388 e. The monoisotopic (exact) mass is 263 g/mol. The van der Waals surface area contributed by atoms with Crippen molar-refractivity contribution < 1.29 is 13.2 Å². The lowest BCUT2D eigenvalue weighted by Crippen LogP contribution is -2.09. The van der Waals surface area contributed by atoms with Gasteiger partial charge in [0.2, 0.25) is 0 Å². The Kier molecular flexibility index (Phi) is 4.80. The Balaban J connectivity index is 2.43. The minimum atomic E-state index is -4.34. The van der Waals surface area contributed by atoms with Crippen LogP contribution in [0.2, 0.25) is 0 Å². The zero-order valence-electron chi connectivity index (χ0n) is 8.92. The second-order valence-corrected chi connectivity index (χ2v) is 4.48. The molecular weight excluding hydrogens is 251 g/mol. The Morgan fingerprint density at radius 1 is 1.41 bits per heavy atom. The maximum absolute atomic E-state index is 12.2. The van der Waals surface area contributed by atoms with Crippen molar-refractivity contribution in [3.05, 3.63) is 23.9 Å². The number of nitrogens with two attached hydrogens (primary N) is 1. The van der Waals surface area contributed by atoms with E-state index in [1.54, 1.807) is 0 Å². The molecule has 1 rings (SSSR count). The molecule has 0 unspecified atom stereocenters. The second-order valence-electron chi connectivity index (χ2n) is 3.36. The van der Waals surface area contributed by atoms with Crippen LogP contribution < -0.4 is 5.73 Å². The predicted octanol–water partition coefficient (Wildman–Crippen LogP) is 2.91. The van der Waals surface area contributed by atoms with Gasteiger partial charge >= 0.3 is 6.18 Å². The number of halogens is 3. The van der Waals surface area contributed by atoms with Crippen LogP contribution in [-0.4, -0.2) is 16.6 Å². The molecule has 0 aromatic carbocycles. The van der Waals surface area contributed by atoms with E-state index in [1.807, 2.05) is 0 Å². The van der Waals surface area contributed by atoms with Crippen molar-refractivity contribution in [1.29, 1.82) is 5.41 Å². The predicted molar refractivity (Wildman–Crippen MR) is 61.1 cm³/mol. The van der Waals surface area contributed by atoms with E-state index in [2.05, 4.69) is 4.98 Å². The van der Waals surface area contributed by atoms with Gasteiger partial charge in [0.15, 0.2) is 0 Å². The minimum absolute atomic E-state index is 0.117. The second kappa shape index (κ2) is 5.90. The van der Waals surface area contributed by atoms with E-state index in [0.29, 0.717) is 23.6 Å². The molecule has 3 nitrogen and oxygen atoms in total. The van der Waals surface area contributed by atoms with Crippen molar-refractivity contribution in [1.82, 2.24) is 4.98 Å². The Hall–Kier alpha value is -1.24. The normalized spacial score (nSPS) is 11.5. The largest absolute Gasteiger partial charge is 0.417 e. The summed E-state index contributed by atoms with van der Waals surface area (Å²) >= 11 is 1.35. The number of nitrogens with one attached hydrogen (secondary N) is 1. The summed E-state index contributed by atoms with van der Waals surface area (Å²) in [4.78, 5) is 3.72. The third-order valence-corrected chi connectivity index (χ3v) is 2.93. The van der Waals surface area contributed by atoms with Crippen LogP contribution in [0.25, 0.3) is 0 Å². The first-order valence-corrected chi connectivity index (χ1v) is 5.87. The summed E-state index contributed by atoms with van der Waals surface area (Å²) in [6.07, 6.45) is -2.31. The Morgan fingerprint density at radius 3 is 2.59 bits per heavy atom. The van der Waals surface area contributed by atoms with Gasteiger partial charge in [-0.2, -0.15) is 13.2 Å². The van der Waals surface area contributed by atoms with Gasteiger partial charge < -0.3 is 5.73 Å². The molecule has 1 heterocycles. The summed E-state index contributed by atoms with van der Waals surface area (Å²) in [6.45, 7) is 0. The summed E-state index contributed by atoms with van der Waals surface area (Å²) in [5.74, 6) is 0.795. The Morgan fingerprint density at radius 2 is 2.12 bits per heavy atom. The van der Waals surface area contributed by atoms with E-state index in [4.69, 9.17) is 11.1 Å². The summed E-state index contributed by atoms with van der Waals surface area (Å²) in [6, 6.07) is 2.36. The van der Waals surface area contributed by atoms with Gasteiger partial charge in [0.1, 0.15) is 0 Å². The first-order chi connectivity index (χ1) is 7.89. The third kappa shape index (κ3) is 5.08. The summed E-state index contributed by atoms with van der Waals surface area (Å²) < 4.78 is 36.7. The molecule has 0 aliphatic carbocycles. The Labute approximate surface area is 101 Å². The number of rotatable bonds is 5. The van der Waals surface area contributed by atoms with Crippen LogP contribution in [0, 0.1) is 5.41 Å². The lowest BCUT2D eigenvalue weighted by molar-refractivity contribution is -0.137. The molecule has 0 amide bonds. The zero-order valence-corrected chi connectivity index (χ0v) is 9.74. The molecule has 0 atom stereocenters. The molecule has 0 fully saturated rings. The number of alkyl halides is 3. The van der Waals surface area contributed by atoms with E-state index in [-0.39, 0.29) is 5.84 Å². The van der Waals surface area contributed by atoms with Crippen molar-refractivity contribution >= 4 is 17.6 Å². The number of nitrogens with zero attached hydrogens (tertiary/aromatic N) is 1. The molecule has 17 heavy (non-hydrogen) atoms. The van der Waals surface area contributed by atoms with E-state index in [1.165, 1.54) is 17.8 Å². The third-order valence-electron chi connectivity index (χ3n) is 1.90. The number of hydrogen-bond acceptors (Lipinski definition) is 3. The average molecular weight is 263 g/mol. The highest BCUT2D eigenvalue weighted by molar-refractivity contribution is 7.99. The van der Waals surface area contributed by atoms with Gasteiger partial charge in [-0.3, -0.25) is 5.41 Å². The van der Waals surface area contributed by atoms with Crippen LogP contribution in [0.5, 0.6) is 0 Å². The fourth-order valence-corrected chi connectivity index (χ4v) is 1.86. The van der Waals surface area contributed by atoms with Gasteiger partial charge in [0.05, 0.1) is 16.4 Å².